The van der Waals surface area contributed by atoms with Gasteiger partial charge in [-0.05, 0) is 45.4 Å². The van der Waals surface area contributed by atoms with E-state index >= 15 is 0 Å². The highest BCUT2D eigenvalue weighted by Gasteiger charge is 1.88. The molecule has 0 aromatic carbocycles. The summed E-state index contributed by atoms with van der Waals surface area (Å²) in [6.45, 7) is 2.24. The molecule has 13 heavy (non-hydrogen) atoms. The average molecular weight is 176 g/mol. The van der Waals surface area contributed by atoms with E-state index in [1.807, 2.05) is 0 Å². The van der Waals surface area contributed by atoms with Gasteiger partial charge in [-0.15, -0.1) is 0 Å². The van der Waals surface area contributed by atoms with Crippen LogP contribution in [0.3, 0.4) is 0 Å². The van der Waals surface area contributed by atoms with E-state index in [0.717, 1.165) is 0 Å². The molecule has 0 heterocycles. The normalized spacial score (nSPS) is 29.2. The Morgan fingerprint density at radius 3 is 2.00 bits per heavy atom. The summed E-state index contributed by atoms with van der Waals surface area (Å²) >= 11 is 0. The minimum Gasteiger partial charge on any atom is -0.0882 e. The van der Waals surface area contributed by atoms with Crippen molar-refractivity contribution in [3.05, 3.63) is 36.0 Å². The van der Waals surface area contributed by atoms with Crippen LogP contribution in [-0.4, -0.2) is 0 Å². The lowest BCUT2D eigenvalue weighted by Gasteiger charge is -1.98. The van der Waals surface area contributed by atoms with Gasteiger partial charge in [-0.2, -0.15) is 0 Å². The minimum atomic E-state index is 1.21. The van der Waals surface area contributed by atoms with Crippen molar-refractivity contribution in [2.45, 2.75) is 45.4 Å². The van der Waals surface area contributed by atoms with Crippen molar-refractivity contribution in [1.29, 1.82) is 0 Å². The van der Waals surface area contributed by atoms with Crippen LogP contribution in [0.4, 0.5) is 0 Å². The summed E-state index contributed by atoms with van der Waals surface area (Å²) in [6, 6.07) is 0. The highest BCUT2D eigenvalue weighted by atomic mass is 13.9. The number of hydrogen-bond acceptors (Lipinski definition) is 0. The Kier molecular flexibility index (Phi) is 5.31. The zero-order valence-electron chi connectivity index (χ0n) is 8.63. The van der Waals surface area contributed by atoms with Crippen LogP contribution in [0, 0.1) is 0 Å². The Morgan fingerprint density at radius 1 is 0.769 bits per heavy atom. The van der Waals surface area contributed by atoms with Gasteiger partial charge in [-0.25, -0.2) is 0 Å². The first-order valence-corrected chi connectivity index (χ1v) is 5.35. The molecule has 0 aromatic heterocycles. The third-order valence-electron chi connectivity index (χ3n) is 2.36. The summed E-state index contributed by atoms with van der Waals surface area (Å²) in [6.07, 6.45) is 18.9. The molecule has 1 aliphatic carbocycles. The zero-order valence-corrected chi connectivity index (χ0v) is 8.63. The van der Waals surface area contributed by atoms with Crippen LogP contribution in [0.15, 0.2) is 36.0 Å². The van der Waals surface area contributed by atoms with Crippen LogP contribution < -0.4 is 0 Å². The van der Waals surface area contributed by atoms with E-state index in [-0.39, 0.29) is 0 Å². The Labute approximate surface area is 82.0 Å². The molecule has 1 rings (SSSR count). The summed E-state index contributed by atoms with van der Waals surface area (Å²) in [4.78, 5) is 0. The molecule has 0 atom stereocenters. The maximum atomic E-state index is 2.37. The molecule has 0 aliphatic heterocycles. The van der Waals surface area contributed by atoms with Gasteiger partial charge in [0.1, 0.15) is 0 Å². The predicted octanol–water partition coefficient (Wildman–Crippen LogP) is 4.40. The fraction of sp³-hybridized carbons (Fsp3) is 0.538. The molecule has 0 nitrogen and oxygen atoms in total. The highest BCUT2D eigenvalue weighted by molar-refractivity contribution is 5.02. The third kappa shape index (κ3) is 5.46. The second-order valence-electron chi connectivity index (χ2n) is 3.69. The largest absolute Gasteiger partial charge is 0.0882 e. The van der Waals surface area contributed by atoms with Crippen molar-refractivity contribution in [3.8, 4) is 0 Å². The first-order valence-electron chi connectivity index (χ1n) is 5.35. The summed E-state index contributed by atoms with van der Waals surface area (Å²) in [7, 11) is 0. The summed E-state index contributed by atoms with van der Waals surface area (Å²) in [5, 5.41) is 0. The maximum absolute atomic E-state index is 2.37. The van der Waals surface area contributed by atoms with Gasteiger partial charge in [0, 0.05) is 0 Å². The zero-order chi connectivity index (χ0) is 9.36. The molecule has 0 unspecified atom stereocenters. The van der Waals surface area contributed by atoms with E-state index < -0.39 is 0 Å². The van der Waals surface area contributed by atoms with Crippen molar-refractivity contribution in [3.63, 3.8) is 0 Å². The van der Waals surface area contributed by atoms with E-state index in [9.17, 15) is 0 Å². The molecule has 0 fully saturated rings. The quantitative estimate of drug-likeness (QED) is 0.480. The molecule has 72 valence electrons. The second-order valence-corrected chi connectivity index (χ2v) is 3.69. The third-order valence-corrected chi connectivity index (χ3v) is 2.36. The molecular weight excluding hydrogens is 156 g/mol. The van der Waals surface area contributed by atoms with Crippen LogP contribution >= 0.6 is 0 Å². The lowest BCUT2D eigenvalue weighted by molar-refractivity contribution is 0.921. The fourth-order valence-electron chi connectivity index (χ4n) is 1.50. The van der Waals surface area contributed by atoms with Gasteiger partial charge in [0.05, 0.1) is 0 Å². The van der Waals surface area contributed by atoms with Crippen molar-refractivity contribution in [2.75, 3.05) is 0 Å². The Balaban J connectivity index is 2.42. The molecule has 0 heteroatoms. The van der Waals surface area contributed by atoms with E-state index in [2.05, 4.69) is 37.3 Å². The Bertz CT molecular complexity index is 206. The van der Waals surface area contributed by atoms with Gasteiger partial charge in [0.15, 0.2) is 0 Å². The van der Waals surface area contributed by atoms with Gasteiger partial charge in [-0.1, -0.05) is 36.0 Å². The SMILES string of the molecule is C/C1=C\CC/C=C\CC/C=C\CC1. The van der Waals surface area contributed by atoms with E-state index in [4.69, 9.17) is 0 Å². The average Bonchev–Trinajstić information content (AvgIpc) is 2.11. The fourth-order valence-corrected chi connectivity index (χ4v) is 1.50. The topological polar surface area (TPSA) is 0 Å². The van der Waals surface area contributed by atoms with E-state index in [1.54, 1.807) is 5.57 Å². The summed E-state index contributed by atoms with van der Waals surface area (Å²) in [5.74, 6) is 0. The van der Waals surface area contributed by atoms with Crippen LogP contribution in [0.2, 0.25) is 0 Å². The molecule has 0 spiro atoms. The smallest absolute Gasteiger partial charge is 0.0288 e. The predicted molar refractivity (Wildman–Crippen MR) is 59.7 cm³/mol. The Morgan fingerprint density at radius 2 is 1.31 bits per heavy atom. The minimum absolute atomic E-state index is 1.21. The van der Waals surface area contributed by atoms with Crippen molar-refractivity contribution in [1.82, 2.24) is 0 Å². The van der Waals surface area contributed by atoms with Gasteiger partial charge in [0.2, 0.25) is 0 Å². The molecule has 0 bridgehead atoms. The van der Waals surface area contributed by atoms with Crippen LogP contribution in [0.1, 0.15) is 45.4 Å². The number of allylic oxidation sites excluding steroid dienone is 6. The highest BCUT2D eigenvalue weighted by Crippen LogP contribution is 2.09. The van der Waals surface area contributed by atoms with Crippen LogP contribution in [0.5, 0.6) is 0 Å². The van der Waals surface area contributed by atoms with Crippen molar-refractivity contribution >= 4 is 0 Å². The second kappa shape index (κ2) is 6.71. The van der Waals surface area contributed by atoms with Crippen LogP contribution in [0.25, 0.3) is 0 Å². The van der Waals surface area contributed by atoms with Gasteiger partial charge in [0.25, 0.3) is 0 Å². The molecule has 0 radical (unpaired) electrons. The van der Waals surface area contributed by atoms with E-state index in [1.165, 1.54) is 38.5 Å². The lowest BCUT2D eigenvalue weighted by atomic mass is 10.1. The molecule has 0 saturated carbocycles. The Hall–Kier alpha value is -0.780. The molecular formula is C13H20. The van der Waals surface area contributed by atoms with Gasteiger partial charge in [-0.3, -0.25) is 0 Å². The number of rotatable bonds is 0. The van der Waals surface area contributed by atoms with E-state index in [0.29, 0.717) is 0 Å². The standard InChI is InChI=1S/C13H20/c1-13-11-9-7-5-3-2-4-6-8-10-12-13/h3,5-6,8,11H,2,4,7,9-10,12H2,1H3/b5-3-,8-6-,13-11+. The molecule has 1 aliphatic rings. The monoisotopic (exact) mass is 176 g/mol. The maximum Gasteiger partial charge on any atom is -0.0288 e. The van der Waals surface area contributed by atoms with Gasteiger partial charge >= 0.3 is 0 Å². The summed E-state index contributed by atoms with van der Waals surface area (Å²) in [5.41, 5.74) is 1.54. The lowest BCUT2D eigenvalue weighted by Crippen LogP contribution is -1.78. The number of hydrogen-bond donors (Lipinski definition) is 0. The molecule has 0 N–H and O–H groups in total. The first kappa shape index (κ1) is 10.3. The molecule has 0 aromatic rings. The summed E-state index contributed by atoms with van der Waals surface area (Å²) < 4.78 is 0. The first-order chi connectivity index (χ1) is 6.39. The van der Waals surface area contributed by atoms with Crippen LogP contribution in [-0.2, 0) is 0 Å². The van der Waals surface area contributed by atoms with Crippen molar-refractivity contribution < 1.29 is 0 Å². The van der Waals surface area contributed by atoms with Gasteiger partial charge < -0.3 is 0 Å². The molecule has 0 amide bonds. The molecule has 0 saturated heterocycles. The van der Waals surface area contributed by atoms with Crippen molar-refractivity contribution in [2.24, 2.45) is 0 Å².